The number of hydrogen-bond donors (Lipinski definition) is 1. The Labute approximate surface area is 176 Å². The maximum atomic E-state index is 13.2. The Kier molecular flexibility index (Phi) is 6.06. The van der Waals surface area contributed by atoms with Crippen LogP contribution in [0.3, 0.4) is 0 Å². The van der Waals surface area contributed by atoms with Crippen LogP contribution >= 0.6 is 0 Å². The van der Waals surface area contributed by atoms with Gasteiger partial charge in [-0.15, -0.1) is 0 Å². The molecule has 2 atom stereocenters. The summed E-state index contributed by atoms with van der Waals surface area (Å²) in [6, 6.07) is 4.04. The van der Waals surface area contributed by atoms with E-state index in [9.17, 15) is 9.59 Å². The number of aryl methyl sites for hydroxylation is 1. The highest BCUT2D eigenvalue weighted by atomic mass is 16.5. The van der Waals surface area contributed by atoms with Crippen LogP contribution in [0.25, 0.3) is 0 Å². The number of nitrogens with one attached hydrogen (secondary N) is 1. The Morgan fingerprint density at radius 2 is 2.13 bits per heavy atom. The predicted molar refractivity (Wildman–Crippen MR) is 113 cm³/mol. The number of fused-ring (bicyclic) bond motifs is 4. The van der Waals surface area contributed by atoms with Crippen molar-refractivity contribution >= 4 is 5.91 Å². The zero-order chi connectivity index (χ0) is 21.3. The zero-order valence-corrected chi connectivity index (χ0v) is 18.1. The fourth-order valence-electron chi connectivity index (χ4n) is 4.75. The van der Waals surface area contributed by atoms with Gasteiger partial charge in [-0.1, -0.05) is 6.07 Å². The number of aromatic amines is 1. The van der Waals surface area contributed by atoms with E-state index >= 15 is 0 Å². The van der Waals surface area contributed by atoms with Gasteiger partial charge in [0.2, 0.25) is 5.91 Å². The van der Waals surface area contributed by atoms with E-state index in [1.807, 2.05) is 42.6 Å². The van der Waals surface area contributed by atoms with Crippen molar-refractivity contribution in [3.8, 4) is 0 Å². The first-order chi connectivity index (χ1) is 14.4. The van der Waals surface area contributed by atoms with Gasteiger partial charge in [0, 0.05) is 61.9 Å². The number of pyridine rings is 1. The fraction of sp³-hybridized carbons (Fsp3) is 0.591. The topological polar surface area (TPSA) is 83.5 Å². The second-order valence-corrected chi connectivity index (χ2v) is 8.62. The van der Waals surface area contributed by atoms with E-state index in [0.29, 0.717) is 45.2 Å². The molecule has 2 aliphatic heterocycles. The largest absolute Gasteiger partial charge is 0.372 e. The lowest BCUT2D eigenvalue weighted by molar-refractivity contribution is -0.138. The van der Waals surface area contributed by atoms with Crippen molar-refractivity contribution in [1.29, 1.82) is 0 Å². The predicted octanol–water partition coefficient (Wildman–Crippen LogP) is 1.49. The summed E-state index contributed by atoms with van der Waals surface area (Å²) in [5.74, 6) is 1.49. The minimum absolute atomic E-state index is 0.0498. The van der Waals surface area contributed by atoms with E-state index in [-0.39, 0.29) is 24.0 Å². The van der Waals surface area contributed by atoms with Crippen molar-refractivity contribution in [2.75, 3.05) is 33.4 Å². The molecule has 162 valence electrons. The van der Waals surface area contributed by atoms with Crippen LogP contribution in [0.15, 0.2) is 23.1 Å². The number of H-pyrrole nitrogens is 1. The minimum atomic E-state index is 0.0498. The maximum Gasteiger partial charge on any atom is 0.255 e. The first kappa shape index (κ1) is 20.8. The van der Waals surface area contributed by atoms with Crippen LogP contribution in [-0.2, 0) is 29.2 Å². The quantitative estimate of drug-likeness (QED) is 0.744. The molecule has 1 fully saturated rings. The lowest BCUT2D eigenvalue weighted by Gasteiger charge is -2.43. The Hall–Kier alpha value is -2.45. The third kappa shape index (κ3) is 4.34. The van der Waals surface area contributed by atoms with Gasteiger partial charge in [0.15, 0.2) is 0 Å². The van der Waals surface area contributed by atoms with Crippen molar-refractivity contribution < 1.29 is 9.53 Å². The molecular weight excluding hydrogens is 382 g/mol. The number of carbonyl (C=O) groups excluding carboxylic acids is 1. The summed E-state index contributed by atoms with van der Waals surface area (Å²) in [5, 5.41) is 0. The molecule has 4 heterocycles. The Bertz CT molecular complexity index is 966. The molecule has 1 amide bonds. The van der Waals surface area contributed by atoms with Crippen LogP contribution in [0.5, 0.6) is 0 Å². The van der Waals surface area contributed by atoms with Crippen LogP contribution in [-0.4, -0.2) is 63.6 Å². The van der Waals surface area contributed by atoms with Gasteiger partial charge in [-0.2, -0.15) is 0 Å². The smallest absolute Gasteiger partial charge is 0.255 e. The molecule has 8 heteroatoms. The van der Waals surface area contributed by atoms with E-state index < -0.39 is 0 Å². The second kappa shape index (κ2) is 8.73. The lowest BCUT2D eigenvalue weighted by Crippen LogP contribution is -2.50. The maximum absolute atomic E-state index is 13.2. The average molecular weight is 414 g/mol. The number of carbonyl (C=O) groups is 1. The van der Waals surface area contributed by atoms with Gasteiger partial charge in [-0.3, -0.25) is 14.5 Å². The molecule has 4 rings (SSSR count). The number of imidazole rings is 1. The van der Waals surface area contributed by atoms with Crippen molar-refractivity contribution in [3.63, 3.8) is 0 Å². The summed E-state index contributed by atoms with van der Waals surface area (Å²) in [4.78, 5) is 37.2. The number of aromatic nitrogens is 3. The molecule has 0 radical (unpaired) electrons. The van der Waals surface area contributed by atoms with E-state index in [0.717, 1.165) is 29.2 Å². The third-order valence-electron chi connectivity index (χ3n) is 6.08. The second-order valence-electron chi connectivity index (χ2n) is 8.62. The normalized spacial score (nSPS) is 20.5. The number of hydrogen-bond acceptors (Lipinski definition) is 5. The lowest BCUT2D eigenvalue weighted by atomic mass is 9.83. The van der Waals surface area contributed by atoms with E-state index in [1.54, 1.807) is 0 Å². The van der Waals surface area contributed by atoms with Gasteiger partial charge in [0.05, 0.1) is 6.54 Å². The first-order valence-electron chi connectivity index (χ1n) is 10.7. The van der Waals surface area contributed by atoms with Gasteiger partial charge in [0.1, 0.15) is 12.4 Å². The monoisotopic (exact) mass is 413 g/mol. The SMILES string of the molecule is CCOCC(=O)N1C[C@@H]2C[C@H](C1)c1ccc(CN(C)Cc3ncc(C)[nH]3)c(=O)n1C2. The number of likely N-dealkylation sites (tertiary alicyclic amines) is 1. The van der Waals surface area contributed by atoms with Crippen molar-refractivity contribution in [3.05, 3.63) is 51.5 Å². The van der Waals surface area contributed by atoms with Crippen LogP contribution in [0, 0.1) is 12.8 Å². The van der Waals surface area contributed by atoms with Crippen LogP contribution in [0.4, 0.5) is 0 Å². The fourth-order valence-corrected chi connectivity index (χ4v) is 4.75. The van der Waals surface area contributed by atoms with Gasteiger partial charge in [-0.25, -0.2) is 4.98 Å². The number of rotatable bonds is 7. The summed E-state index contributed by atoms with van der Waals surface area (Å²) in [7, 11) is 2.00. The van der Waals surface area contributed by atoms with E-state index in [1.165, 1.54) is 0 Å². The number of amides is 1. The van der Waals surface area contributed by atoms with Gasteiger partial charge in [0.25, 0.3) is 5.56 Å². The highest BCUT2D eigenvalue weighted by molar-refractivity contribution is 5.77. The molecule has 2 bridgehead atoms. The van der Waals surface area contributed by atoms with Crippen LogP contribution in [0.2, 0.25) is 0 Å². The number of nitrogens with zero attached hydrogens (tertiary/aromatic N) is 4. The average Bonchev–Trinajstić information content (AvgIpc) is 3.12. The Balaban J connectivity index is 1.47. The summed E-state index contributed by atoms with van der Waals surface area (Å²) in [5.41, 5.74) is 2.98. The summed E-state index contributed by atoms with van der Waals surface area (Å²) < 4.78 is 7.25. The van der Waals surface area contributed by atoms with Crippen LogP contribution < -0.4 is 5.56 Å². The molecule has 0 unspecified atom stereocenters. The molecule has 2 aromatic rings. The van der Waals surface area contributed by atoms with Crippen molar-refractivity contribution in [1.82, 2.24) is 24.3 Å². The zero-order valence-electron chi connectivity index (χ0n) is 18.1. The first-order valence-corrected chi connectivity index (χ1v) is 10.7. The van der Waals surface area contributed by atoms with Crippen molar-refractivity contribution in [2.24, 2.45) is 5.92 Å². The number of piperidine rings is 1. The van der Waals surface area contributed by atoms with E-state index in [4.69, 9.17) is 4.74 Å². The molecule has 0 aliphatic carbocycles. The van der Waals surface area contributed by atoms with Crippen LogP contribution in [0.1, 0.15) is 42.0 Å². The van der Waals surface area contributed by atoms with Crippen molar-refractivity contribution in [2.45, 2.75) is 45.8 Å². The molecule has 0 aromatic carbocycles. The molecule has 0 spiro atoms. The number of ether oxygens (including phenoxy) is 1. The molecule has 0 saturated carbocycles. The molecule has 30 heavy (non-hydrogen) atoms. The molecule has 2 aromatic heterocycles. The molecular formula is C22H31N5O3. The Morgan fingerprint density at radius 1 is 1.30 bits per heavy atom. The Morgan fingerprint density at radius 3 is 2.87 bits per heavy atom. The highest BCUT2D eigenvalue weighted by Crippen LogP contribution is 2.35. The van der Waals surface area contributed by atoms with Gasteiger partial charge < -0.3 is 19.2 Å². The minimum Gasteiger partial charge on any atom is -0.372 e. The highest BCUT2D eigenvalue weighted by Gasteiger charge is 2.36. The summed E-state index contributed by atoms with van der Waals surface area (Å²) >= 11 is 0. The standard InChI is InChI=1S/C22H31N5O3/c1-4-30-14-21(28)26-9-16-7-18(12-26)19-6-5-17(22(29)27(19)10-16)11-25(3)13-20-23-8-15(2)24-20/h5-6,8,16,18H,4,7,9-14H2,1-3H3,(H,23,24)/t16-,18+/m0/s1. The van der Waals surface area contributed by atoms with Gasteiger partial charge >= 0.3 is 0 Å². The molecule has 2 aliphatic rings. The molecule has 1 N–H and O–H groups in total. The molecule has 1 saturated heterocycles. The van der Waals surface area contributed by atoms with Gasteiger partial charge in [-0.05, 0) is 39.3 Å². The summed E-state index contributed by atoms with van der Waals surface area (Å²) in [6.07, 6.45) is 2.85. The van der Waals surface area contributed by atoms with E-state index in [2.05, 4.69) is 20.9 Å². The molecule has 8 nitrogen and oxygen atoms in total. The summed E-state index contributed by atoms with van der Waals surface area (Å²) in [6.45, 7) is 7.85. The third-order valence-corrected chi connectivity index (χ3v) is 6.08.